The van der Waals surface area contributed by atoms with E-state index in [1.54, 1.807) is 18.2 Å². The molecule has 0 aromatic heterocycles. The van der Waals surface area contributed by atoms with E-state index in [0.717, 1.165) is 16.3 Å². The third-order valence-electron chi connectivity index (χ3n) is 5.11. The topological polar surface area (TPSA) is 78.6 Å². The van der Waals surface area contributed by atoms with Gasteiger partial charge in [0.1, 0.15) is 18.0 Å². The Morgan fingerprint density at radius 3 is 2.68 bits per heavy atom. The number of ether oxygens (including phenoxy) is 2. The number of aryl methyl sites for hydroxylation is 1. The first-order chi connectivity index (χ1) is 13.6. The lowest BCUT2D eigenvalue weighted by Gasteiger charge is -2.31. The molecule has 2 N–H and O–H groups in total. The van der Waals surface area contributed by atoms with Crippen molar-refractivity contribution in [2.24, 2.45) is 5.73 Å². The molecule has 3 aromatic carbocycles. The van der Waals surface area contributed by atoms with E-state index in [4.69, 9.17) is 15.2 Å². The predicted octanol–water partition coefficient (Wildman–Crippen LogP) is 4.27. The van der Waals surface area contributed by atoms with Crippen LogP contribution in [-0.4, -0.2) is 24.1 Å². The minimum absolute atomic E-state index is 0.0184. The largest absolute Gasteiger partial charge is 0.485 e. The van der Waals surface area contributed by atoms with Crippen molar-refractivity contribution >= 4 is 22.6 Å². The van der Waals surface area contributed by atoms with Gasteiger partial charge in [0.15, 0.2) is 5.78 Å². The first-order valence-electron chi connectivity index (χ1n) is 9.33. The van der Waals surface area contributed by atoms with Gasteiger partial charge < -0.3 is 15.2 Å². The van der Waals surface area contributed by atoms with Crippen LogP contribution < -0.4 is 10.5 Å². The van der Waals surface area contributed by atoms with Crippen molar-refractivity contribution in [1.82, 2.24) is 0 Å². The normalized spacial score (nSPS) is 16.9. The number of ketones is 1. The van der Waals surface area contributed by atoms with Crippen LogP contribution in [0, 0.1) is 0 Å². The molecule has 0 spiro atoms. The van der Waals surface area contributed by atoms with Crippen molar-refractivity contribution in [2.45, 2.75) is 31.5 Å². The minimum atomic E-state index is -0.863. The highest BCUT2D eigenvalue weighted by molar-refractivity contribution is 6.00. The Morgan fingerprint density at radius 1 is 1.07 bits per heavy atom. The van der Waals surface area contributed by atoms with Crippen LogP contribution in [0.25, 0.3) is 10.8 Å². The molecule has 1 amide bonds. The lowest BCUT2D eigenvalue weighted by molar-refractivity contribution is 0.00775. The van der Waals surface area contributed by atoms with Crippen molar-refractivity contribution in [1.29, 1.82) is 0 Å². The molecule has 1 heterocycles. The molecule has 1 aliphatic rings. The predicted molar refractivity (Wildman–Crippen MR) is 107 cm³/mol. The summed E-state index contributed by atoms with van der Waals surface area (Å²) in [6.45, 7) is 0. The Hall–Kier alpha value is -3.34. The summed E-state index contributed by atoms with van der Waals surface area (Å²) in [5.41, 5.74) is 7.00. The van der Waals surface area contributed by atoms with E-state index in [1.165, 1.54) is 0 Å². The van der Waals surface area contributed by atoms with Crippen molar-refractivity contribution in [3.05, 3.63) is 77.9 Å². The molecule has 5 nitrogen and oxygen atoms in total. The van der Waals surface area contributed by atoms with E-state index in [0.29, 0.717) is 24.2 Å². The van der Waals surface area contributed by atoms with Crippen molar-refractivity contribution in [3.8, 4) is 5.75 Å². The first-order valence-corrected chi connectivity index (χ1v) is 9.33. The standard InChI is InChI=1S/C23H21NO4/c24-23(26)28-21(22-14-19(25)18-10-3-4-11-20(18)27-22)13-12-16-8-5-7-15-6-1-2-9-17(15)16/h1-11,21-22H,12-14H2,(H2,24,26)/t21?,22-/m1/s1. The molecule has 0 radical (unpaired) electrons. The van der Waals surface area contributed by atoms with Gasteiger partial charge in [-0.05, 0) is 41.3 Å². The fourth-order valence-electron chi connectivity index (χ4n) is 3.78. The highest BCUT2D eigenvalue weighted by Crippen LogP contribution is 2.30. The fourth-order valence-corrected chi connectivity index (χ4v) is 3.78. The zero-order valence-electron chi connectivity index (χ0n) is 15.3. The molecule has 1 aliphatic heterocycles. The van der Waals surface area contributed by atoms with E-state index in [2.05, 4.69) is 24.3 Å². The quantitative estimate of drug-likeness (QED) is 0.722. The second kappa shape index (κ2) is 7.72. The summed E-state index contributed by atoms with van der Waals surface area (Å²) in [4.78, 5) is 23.9. The van der Waals surface area contributed by atoms with Gasteiger partial charge in [-0.1, -0.05) is 54.6 Å². The Kier molecular flexibility index (Phi) is 4.98. The number of nitrogens with two attached hydrogens (primary N) is 1. The van der Waals surface area contributed by atoms with Crippen LogP contribution in [0.4, 0.5) is 4.79 Å². The van der Waals surface area contributed by atoms with Crippen LogP contribution in [0.2, 0.25) is 0 Å². The zero-order chi connectivity index (χ0) is 19.5. The average Bonchev–Trinajstić information content (AvgIpc) is 2.71. The van der Waals surface area contributed by atoms with Crippen LogP contribution in [0.3, 0.4) is 0 Å². The molecule has 0 fully saturated rings. The smallest absolute Gasteiger partial charge is 0.404 e. The highest BCUT2D eigenvalue weighted by atomic mass is 16.6. The molecule has 4 rings (SSSR count). The minimum Gasteiger partial charge on any atom is -0.485 e. The maximum atomic E-state index is 12.5. The maximum Gasteiger partial charge on any atom is 0.404 e. The molecule has 2 atom stereocenters. The number of fused-ring (bicyclic) bond motifs is 2. The number of para-hydroxylation sites is 1. The molecular weight excluding hydrogens is 354 g/mol. The zero-order valence-corrected chi connectivity index (χ0v) is 15.3. The van der Waals surface area contributed by atoms with Crippen LogP contribution in [0.15, 0.2) is 66.7 Å². The number of hydrogen-bond donors (Lipinski definition) is 1. The molecule has 5 heteroatoms. The maximum absolute atomic E-state index is 12.5. The summed E-state index contributed by atoms with van der Waals surface area (Å²) in [7, 11) is 0. The molecule has 3 aromatic rings. The Bertz CT molecular complexity index is 1020. The second-order valence-corrected chi connectivity index (χ2v) is 6.93. The van der Waals surface area contributed by atoms with E-state index in [9.17, 15) is 9.59 Å². The summed E-state index contributed by atoms with van der Waals surface area (Å²) in [5, 5.41) is 2.32. The van der Waals surface area contributed by atoms with Gasteiger partial charge in [0.25, 0.3) is 0 Å². The summed E-state index contributed by atoms with van der Waals surface area (Å²) in [6, 6.07) is 21.4. The number of carbonyl (C=O) groups excluding carboxylic acids is 2. The van der Waals surface area contributed by atoms with E-state index >= 15 is 0 Å². The molecular formula is C23H21NO4. The lowest BCUT2D eigenvalue weighted by atomic mass is 9.93. The third kappa shape index (κ3) is 3.69. The molecule has 28 heavy (non-hydrogen) atoms. The second-order valence-electron chi connectivity index (χ2n) is 6.93. The number of amides is 1. The third-order valence-corrected chi connectivity index (χ3v) is 5.11. The molecule has 0 saturated heterocycles. The average molecular weight is 375 g/mol. The molecule has 0 bridgehead atoms. The number of Topliss-reactive ketones (excluding diaryl/α,β-unsaturated/α-hetero) is 1. The van der Waals surface area contributed by atoms with Gasteiger partial charge in [-0.15, -0.1) is 0 Å². The van der Waals surface area contributed by atoms with E-state index < -0.39 is 18.3 Å². The van der Waals surface area contributed by atoms with Crippen LogP contribution in [0.1, 0.15) is 28.8 Å². The first kappa shape index (κ1) is 18.0. The Morgan fingerprint density at radius 2 is 1.82 bits per heavy atom. The molecule has 1 unspecified atom stereocenters. The summed E-state index contributed by atoms with van der Waals surface area (Å²) < 4.78 is 11.3. The van der Waals surface area contributed by atoms with Crippen molar-refractivity contribution in [3.63, 3.8) is 0 Å². The SMILES string of the molecule is NC(=O)OC(CCc1cccc2ccccc12)[C@H]1CC(=O)c2ccccc2O1. The van der Waals surface area contributed by atoms with Crippen molar-refractivity contribution < 1.29 is 19.1 Å². The lowest BCUT2D eigenvalue weighted by Crippen LogP contribution is -2.41. The van der Waals surface area contributed by atoms with Gasteiger partial charge in [-0.2, -0.15) is 0 Å². The van der Waals surface area contributed by atoms with Gasteiger partial charge in [0.05, 0.1) is 12.0 Å². The molecule has 142 valence electrons. The molecule has 0 aliphatic carbocycles. The number of benzene rings is 3. The number of primary amides is 1. The van der Waals surface area contributed by atoms with Crippen LogP contribution in [0.5, 0.6) is 5.75 Å². The molecule has 0 saturated carbocycles. The summed E-state index contributed by atoms with van der Waals surface area (Å²) in [5.74, 6) is 0.502. The van der Waals surface area contributed by atoms with Crippen LogP contribution >= 0.6 is 0 Å². The van der Waals surface area contributed by atoms with Crippen LogP contribution in [-0.2, 0) is 11.2 Å². The fraction of sp³-hybridized carbons (Fsp3) is 0.217. The Labute approximate surface area is 163 Å². The van der Waals surface area contributed by atoms with Gasteiger partial charge >= 0.3 is 6.09 Å². The summed E-state index contributed by atoms with van der Waals surface area (Å²) in [6.07, 6.45) is -0.673. The van der Waals surface area contributed by atoms with E-state index in [-0.39, 0.29) is 12.2 Å². The highest BCUT2D eigenvalue weighted by Gasteiger charge is 2.34. The summed E-state index contributed by atoms with van der Waals surface area (Å²) >= 11 is 0. The van der Waals surface area contributed by atoms with Gasteiger partial charge in [-0.25, -0.2) is 4.79 Å². The monoisotopic (exact) mass is 375 g/mol. The Balaban J connectivity index is 1.55. The van der Waals surface area contributed by atoms with Gasteiger partial charge in [0, 0.05) is 0 Å². The van der Waals surface area contributed by atoms with Crippen molar-refractivity contribution in [2.75, 3.05) is 0 Å². The number of rotatable bonds is 5. The number of hydrogen-bond acceptors (Lipinski definition) is 4. The van der Waals surface area contributed by atoms with Gasteiger partial charge in [0.2, 0.25) is 0 Å². The van der Waals surface area contributed by atoms with Gasteiger partial charge in [-0.3, -0.25) is 4.79 Å². The van der Waals surface area contributed by atoms with E-state index in [1.807, 2.05) is 24.3 Å². The number of carbonyl (C=O) groups is 2.